The van der Waals surface area contributed by atoms with Gasteiger partial charge in [0.1, 0.15) is 0 Å². The fourth-order valence-electron chi connectivity index (χ4n) is 6.85. The number of unbranched alkanes of at least 4 members (excludes halogenated alkanes) is 10. The fourth-order valence-corrected chi connectivity index (χ4v) is 22.2. The molecule has 0 saturated carbocycles. The molecular weight excluding hydrogens is 833 g/mol. The van der Waals surface area contributed by atoms with Gasteiger partial charge >= 0.3 is 0 Å². The van der Waals surface area contributed by atoms with Crippen LogP contribution in [0.5, 0.6) is 0 Å². The van der Waals surface area contributed by atoms with Crippen LogP contribution in [-0.4, -0.2) is 11.5 Å². The first kappa shape index (κ1) is 36.2. The molecule has 11 heteroatoms. The molecule has 0 bridgehead atoms. The van der Waals surface area contributed by atoms with Gasteiger partial charge in [-0.2, -0.15) is 0 Å². The van der Waals surface area contributed by atoms with E-state index < -0.39 is 0 Å². The van der Waals surface area contributed by atoms with Crippen LogP contribution in [0.15, 0.2) is 44.8 Å². The van der Waals surface area contributed by atoms with Crippen molar-refractivity contribution in [2.75, 3.05) is 11.5 Å². The number of rotatable bonds is 18. The largest absolute Gasteiger partial charge is 0.141 e. The fraction of sp³-hybridized carbons (Fsp3) is 0.400. The van der Waals surface area contributed by atoms with Gasteiger partial charge in [-0.15, -0.1) is 126 Å². The number of hydrogen-bond acceptors (Lipinski definition) is 11. The molecule has 0 spiro atoms. The van der Waals surface area contributed by atoms with Crippen LogP contribution >= 0.6 is 126 Å². The summed E-state index contributed by atoms with van der Waals surface area (Å²) in [5.74, 6) is 2.44. The average molecular weight is 873 g/mol. The minimum atomic E-state index is 1.22. The molecule has 9 aromatic heterocycles. The maximum Gasteiger partial charge on any atom is 0.0648 e. The third-order valence-corrected chi connectivity index (χ3v) is 23.9. The van der Waals surface area contributed by atoms with E-state index in [0.717, 1.165) is 0 Å². The van der Waals surface area contributed by atoms with Gasteiger partial charge in [-0.25, -0.2) is 0 Å². The van der Waals surface area contributed by atoms with Gasteiger partial charge < -0.3 is 0 Å². The number of hydrogen-bond donors (Lipinski definition) is 0. The summed E-state index contributed by atoms with van der Waals surface area (Å²) >= 11 is 22.5. The van der Waals surface area contributed by atoms with E-state index in [1.165, 1.54) is 146 Å². The lowest BCUT2D eigenvalue weighted by atomic mass is 10.1. The smallest absolute Gasteiger partial charge is 0.0648 e. The van der Waals surface area contributed by atoms with Crippen LogP contribution < -0.4 is 0 Å². The lowest BCUT2D eigenvalue weighted by Gasteiger charge is -2.05. The Morgan fingerprint density at radius 3 is 1.33 bits per heavy atom. The summed E-state index contributed by atoms with van der Waals surface area (Å²) in [6.45, 7) is 4.63. The van der Waals surface area contributed by atoms with Crippen molar-refractivity contribution in [1.82, 2.24) is 0 Å². The van der Waals surface area contributed by atoms with Gasteiger partial charge in [-0.1, -0.05) is 78.1 Å². The Hall–Kier alpha value is -0.440. The highest BCUT2D eigenvalue weighted by atomic mass is 32.2. The van der Waals surface area contributed by atoms with Gasteiger partial charge in [0.15, 0.2) is 0 Å². The lowest BCUT2D eigenvalue weighted by molar-refractivity contribution is 0.627. The summed E-state index contributed by atoms with van der Waals surface area (Å²) in [6, 6.07) is 9.63. The highest BCUT2D eigenvalue weighted by molar-refractivity contribution is 8.00. The quantitative estimate of drug-likeness (QED) is 0.0622. The van der Waals surface area contributed by atoms with Gasteiger partial charge in [-0.05, 0) is 59.4 Å². The predicted molar refractivity (Wildman–Crippen MR) is 251 cm³/mol. The second-order valence-corrected chi connectivity index (χ2v) is 24.6. The third-order valence-electron chi connectivity index (χ3n) is 9.50. The van der Waals surface area contributed by atoms with Crippen molar-refractivity contribution in [3.63, 3.8) is 0 Å². The monoisotopic (exact) mass is 872 g/mol. The Bertz CT molecular complexity index is 2370. The van der Waals surface area contributed by atoms with Gasteiger partial charge in [0.05, 0.1) is 47.4 Å². The zero-order valence-electron chi connectivity index (χ0n) is 28.9. The van der Waals surface area contributed by atoms with Crippen LogP contribution in [0.1, 0.15) is 90.9 Å². The summed E-state index contributed by atoms with van der Waals surface area (Å²) in [4.78, 5) is 9.15. The Kier molecular flexibility index (Phi) is 11.6. The summed E-state index contributed by atoms with van der Waals surface area (Å²) in [6.07, 6.45) is 16.3. The highest BCUT2D eigenvalue weighted by Gasteiger charge is 2.27. The first-order chi connectivity index (χ1) is 25.2. The molecule has 0 radical (unpaired) electrons. The van der Waals surface area contributed by atoms with E-state index in [2.05, 4.69) is 106 Å². The van der Waals surface area contributed by atoms with Crippen molar-refractivity contribution in [3.05, 3.63) is 35.0 Å². The molecule has 0 aliphatic rings. The molecular formula is C40H40S11. The summed E-state index contributed by atoms with van der Waals surface area (Å²) in [5.41, 5.74) is 0. The van der Waals surface area contributed by atoms with Crippen molar-refractivity contribution >= 4 is 182 Å². The zero-order valence-corrected chi connectivity index (χ0v) is 37.8. The Morgan fingerprint density at radius 1 is 0.412 bits per heavy atom. The van der Waals surface area contributed by atoms with E-state index in [-0.39, 0.29) is 0 Å². The van der Waals surface area contributed by atoms with E-state index >= 15 is 0 Å². The lowest BCUT2D eigenvalue weighted by Crippen LogP contribution is -1.83. The molecule has 0 aliphatic heterocycles. The van der Waals surface area contributed by atoms with Gasteiger partial charge in [-0.3, -0.25) is 0 Å². The molecule has 266 valence electrons. The van der Waals surface area contributed by atoms with E-state index in [9.17, 15) is 0 Å². The molecule has 0 atom stereocenters. The number of fused-ring (bicyclic) bond motifs is 9. The molecule has 0 nitrogen and oxygen atoms in total. The molecule has 0 saturated heterocycles. The van der Waals surface area contributed by atoms with Crippen LogP contribution in [0.3, 0.4) is 0 Å². The van der Waals surface area contributed by atoms with Gasteiger partial charge in [0, 0.05) is 38.3 Å². The molecule has 0 N–H and O–H groups in total. The van der Waals surface area contributed by atoms with Crippen LogP contribution in [0.4, 0.5) is 0 Å². The Morgan fingerprint density at radius 2 is 0.863 bits per heavy atom. The van der Waals surface area contributed by atoms with Crippen molar-refractivity contribution in [2.24, 2.45) is 0 Å². The zero-order chi connectivity index (χ0) is 34.3. The topological polar surface area (TPSA) is 0 Å². The molecule has 0 fully saturated rings. The SMILES string of the molecule is CCCCCCCCSc1c(-c2cc3sc4ccsc4c3s2)sc2c1sc1c(SCCCCCCCC)c(-c3cc4sc5ccsc5c4s3)sc12. The molecule has 9 heterocycles. The molecule has 0 aromatic carbocycles. The van der Waals surface area contributed by atoms with Crippen LogP contribution in [-0.2, 0) is 0 Å². The van der Waals surface area contributed by atoms with E-state index in [1.54, 1.807) is 28.6 Å². The first-order valence-corrected chi connectivity index (χ1v) is 27.7. The molecule has 9 rings (SSSR count). The van der Waals surface area contributed by atoms with Crippen molar-refractivity contribution in [3.8, 4) is 19.5 Å². The molecule has 0 unspecified atom stereocenters. The molecule has 9 aromatic rings. The maximum absolute atomic E-state index is 2.52. The van der Waals surface area contributed by atoms with Crippen LogP contribution in [0.25, 0.3) is 75.9 Å². The first-order valence-electron chi connectivity index (χ1n) is 18.3. The van der Waals surface area contributed by atoms with Crippen molar-refractivity contribution < 1.29 is 0 Å². The van der Waals surface area contributed by atoms with Gasteiger partial charge in [0.2, 0.25) is 0 Å². The van der Waals surface area contributed by atoms with Gasteiger partial charge in [0.25, 0.3) is 0 Å². The normalized spacial score (nSPS) is 12.6. The number of thioether (sulfide) groups is 2. The second kappa shape index (κ2) is 16.3. The van der Waals surface area contributed by atoms with E-state index in [4.69, 9.17) is 0 Å². The molecule has 0 aliphatic carbocycles. The summed E-state index contributed by atoms with van der Waals surface area (Å²) < 4.78 is 18.0. The predicted octanol–water partition coefficient (Wildman–Crippen LogP) is 19.4. The van der Waals surface area contributed by atoms with E-state index in [1.807, 2.05) is 68.0 Å². The minimum Gasteiger partial charge on any atom is -0.141 e. The molecule has 0 amide bonds. The minimum absolute atomic E-state index is 1.22. The third kappa shape index (κ3) is 7.11. The van der Waals surface area contributed by atoms with E-state index in [0.29, 0.717) is 0 Å². The van der Waals surface area contributed by atoms with Crippen LogP contribution in [0.2, 0.25) is 0 Å². The summed E-state index contributed by atoms with van der Waals surface area (Å²) in [5, 5.41) is 4.52. The Labute approximate surface area is 344 Å². The number of thiophene rings is 9. The standard InChI is InChI=1S/C40H40S11/c1-3-5-7-9-11-13-17-41-35-33(27-21-25-31(47-27)29-23(45-25)15-19-43-29)49-39-37(35)51-38-36(42-18-14-12-10-8-6-4-2)34(50-40(38)39)28-22-26-32(48-28)30-24(46-26)16-20-44-30/h15-16,19-22H,3-14,17-18H2,1-2H3. The maximum atomic E-state index is 2.52. The average Bonchev–Trinajstić information content (AvgIpc) is 3.96. The van der Waals surface area contributed by atoms with Crippen LogP contribution in [0, 0.1) is 0 Å². The molecule has 51 heavy (non-hydrogen) atoms. The van der Waals surface area contributed by atoms with Crippen molar-refractivity contribution in [1.29, 1.82) is 0 Å². The van der Waals surface area contributed by atoms with Crippen molar-refractivity contribution in [2.45, 2.75) is 101 Å². The Balaban J connectivity index is 1.10. The summed E-state index contributed by atoms with van der Waals surface area (Å²) in [7, 11) is 0. The highest BCUT2D eigenvalue weighted by Crippen LogP contribution is 2.59. The second-order valence-electron chi connectivity index (χ2n) is 13.2.